The first-order valence-corrected chi connectivity index (χ1v) is 14.0. The fourth-order valence-electron chi connectivity index (χ4n) is 5.82. The van der Waals surface area contributed by atoms with E-state index >= 15 is 0 Å². The van der Waals surface area contributed by atoms with Crippen LogP contribution in [0.3, 0.4) is 0 Å². The van der Waals surface area contributed by atoms with Gasteiger partial charge in [-0.15, -0.1) is 0 Å². The van der Waals surface area contributed by atoms with E-state index in [9.17, 15) is 9.59 Å². The largest absolute Gasteiger partial charge is 0.513 e. The Morgan fingerprint density at radius 3 is 1.21 bits per heavy atom. The lowest BCUT2D eigenvalue weighted by atomic mass is 9.84. The SMILES string of the molecule is CCc1ccc2c(OC(=O)OC)c3ccccc3c(-c3c4ccccc4c(OC(=O)OC)c4ccc(CC)cc34)c2c1. The highest BCUT2D eigenvalue weighted by atomic mass is 16.7. The summed E-state index contributed by atoms with van der Waals surface area (Å²) in [6.45, 7) is 4.23. The van der Waals surface area contributed by atoms with Gasteiger partial charge in [0.1, 0.15) is 11.5 Å². The number of fused-ring (bicyclic) bond motifs is 4. The van der Waals surface area contributed by atoms with Gasteiger partial charge in [0.15, 0.2) is 0 Å². The molecule has 0 bridgehead atoms. The van der Waals surface area contributed by atoms with Gasteiger partial charge in [0.05, 0.1) is 14.2 Å². The minimum absolute atomic E-state index is 0.451. The van der Waals surface area contributed by atoms with Crippen LogP contribution in [-0.4, -0.2) is 26.5 Å². The average Bonchev–Trinajstić information content (AvgIpc) is 3.04. The molecule has 0 unspecified atom stereocenters. The van der Waals surface area contributed by atoms with Gasteiger partial charge in [-0.3, -0.25) is 0 Å². The van der Waals surface area contributed by atoms with Crippen molar-refractivity contribution in [3.63, 3.8) is 0 Å². The van der Waals surface area contributed by atoms with Crippen molar-refractivity contribution in [1.82, 2.24) is 0 Å². The Morgan fingerprint density at radius 1 is 0.500 bits per heavy atom. The number of hydrogen-bond acceptors (Lipinski definition) is 6. The molecule has 210 valence electrons. The van der Waals surface area contributed by atoms with Crippen LogP contribution in [0, 0.1) is 0 Å². The summed E-state index contributed by atoms with van der Waals surface area (Å²) in [6, 6.07) is 28.3. The molecule has 42 heavy (non-hydrogen) atoms. The van der Waals surface area contributed by atoms with Crippen molar-refractivity contribution in [3.8, 4) is 22.6 Å². The Balaban J connectivity index is 1.87. The zero-order valence-corrected chi connectivity index (χ0v) is 23.9. The van der Waals surface area contributed by atoms with Crippen LogP contribution < -0.4 is 9.47 Å². The summed E-state index contributed by atoms with van der Waals surface area (Å²) in [5.41, 5.74) is 4.31. The second-order valence-electron chi connectivity index (χ2n) is 10.1. The Bertz CT molecular complexity index is 1880. The number of carbonyl (C=O) groups is 2. The topological polar surface area (TPSA) is 71.1 Å². The maximum absolute atomic E-state index is 12.4. The van der Waals surface area contributed by atoms with Gasteiger partial charge in [0, 0.05) is 21.5 Å². The van der Waals surface area contributed by atoms with Gasteiger partial charge in [-0.2, -0.15) is 0 Å². The van der Waals surface area contributed by atoms with E-state index in [1.165, 1.54) is 14.2 Å². The van der Waals surface area contributed by atoms with Gasteiger partial charge < -0.3 is 18.9 Å². The third kappa shape index (κ3) is 4.45. The molecule has 6 rings (SSSR count). The van der Waals surface area contributed by atoms with Gasteiger partial charge in [0.2, 0.25) is 0 Å². The zero-order chi connectivity index (χ0) is 29.4. The quantitative estimate of drug-likeness (QED) is 0.119. The molecular formula is C36H30O6. The Morgan fingerprint density at radius 2 is 0.857 bits per heavy atom. The van der Waals surface area contributed by atoms with Crippen LogP contribution >= 0.6 is 0 Å². The average molecular weight is 559 g/mol. The molecule has 0 aromatic heterocycles. The molecule has 6 heteroatoms. The van der Waals surface area contributed by atoms with Crippen molar-refractivity contribution in [1.29, 1.82) is 0 Å². The lowest BCUT2D eigenvalue weighted by Gasteiger charge is -2.21. The van der Waals surface area contributed by atoms with Crippen molar-refractivity contribution in [2.75, 3.05) is 14.2 Å². The fraction of sp³-hybridized carbons (Fsp3) is 0.167. The highest BCUT2D eigenvalue weighted by Crippen LogP contribution is 2.50. The van der Waals surface area contributed by atoms with Crippen LogP contribution in [0.5, 0.6) is 11.5 Å². The van der Waals surface area contributed by atoms with E-state index < -0.39 is 12.3 Å². The van der Waals surface area contributed by atoms with Crippen molar-refractivity contribution in [2.45, 2.75) is 26.7 Å². The first kappa shape index (κ1) is 27.1. The second kappa shape index (κ2) is 11.1. The number of benzene rings is 6. The highest BCUT2D eigenvalue weighted by molar-refractivity contribution is 6.27. The molecule has 0 N–H and O–H groups in total. The minimum atomic E-state index is -0.776. The third-order valence-electron chi connectivity index (χ3n) is 7.85. The molecule has 0 aliphatic heterocycles. The molecule has 6 aromatic carbocycles. The van der Waals surface area contributed by atoms with E-state index in [-0.39, 0.29) is 0 Å². The molecule has 0 fully saturated rings. The summed E-state index contributed by atoms with van der Waals surface area (Å²) < 4.78 is 21.4. The summed E-state index contributed by atoms with van der Waals surface area (Å²) in [5.74, 6) is 0.903. The first-order valence-electron chi connectivity index (χ1n) is 14.0. The van der Waals surface area contributed by atoms with Gasteiger partial charge in [-0.25, -0.2) is 9.59 Å². The Kier molecular flexibility index (Phi) is 7.13. The van der Waals surface area contributed by atoms with Gasteiger partial charge in [-0.05, 0) is 56.6 Å². The number of ether oxygens (including phenoxy) is 4. The normalized spacial score (nSPS) is 11.2. The van der Waals surface area contributed by atoms with Gasteiger partial charge >= 0.3 is 12.3 Å². The number of rotatable bonds is 5. The summed E-state index contributed by atoms with van der Waals surface area (Å²) in [4.78, 5) is 24.8. The van der Waals surface area contributed by atoms with Crippen LogP contribution in [0.4, 0.5) is 9.59 Å². The lowest BCUT2D eigenvalue weighted by Crippen LogP contribution is -2.09. The number of aryl methyl sites for hydroxylation is 2. The molecule has 0 amide bonds. The van der Waals surface area contributed by atoms with Crippen molar-refractivity contribution >= 4 is 55.4 Å². The van der Waals surface area contributed by atoms with Gasteiger partial charge in [0.25, 0.3) is 0 Å². The number of hydrogen-bond donors (Lipinski definition) is 0. The van der Waals surface area contributed by atoms with E-state index in [1.54, 1.807) is 0 Å². The summed E-state index contributed by atoms with van der Waals surface area (Å²) in [5, 5.41) is 6.90. The molecule has 6 nitrogen and oxygen atoms in total. The molecule has 0 radical (unpaired) electrons. The van der Waals surface area contributed by atoms with Crippen molar-refractivity contribution < 1.29 is 28.5 Å². The van der Waals surface area contributed by atoms with Crippen LogP contribution in [0.1, 0.15) is 25.0 Å². The first-order chi connectivity index (χ1) is 20.5. The summed E-state index contributed by atoms with van der Waals surface area (Å²) in [6.07, 6.45) is 0.120. The van der Waals surface area contributed by atoms with Crippen LogP contribution in [0.2, 0.25) is 0 Å². The summed E-state index contributed by atoms with van der Waals surface area (Å²) >= 11 is 0. The Labute approximate surface area is 243 Å². The van der Waals surface area contributed by atoms with E-state index in [4.69, 9.17) is 18.9 Å². The lowest BCUT2D eigenvalue weighted by molar-refractivity contribution is 0.121. The predicted molar refractivity (Wildman–Crippen MR) is 167 cm³/mol. The molecular weight excluding hydrogens is 528 g/mol. The molecule has 0 aliphatic rings. The van der Waals surface area contributed by atoms with Crippen LogP contribution in [0.25, 0.3) is 54.2 Å². The maximum atomic E-state index is 12.4. The van der Waals surface area contributed by atoms with E-state index in [0.29, 0.717) is 11.5 Å². The molecule has 0 heterocycles. The standard InChI is InChI=1S/C36H30O6/c1-5-21-15-17-27-29(19-21)31(23-11-7-9-13-25(23)33(27)41-35(37)39-3)32-24-12-8-10-14-26(24)34(42-36(38)40-4)28-18-16-22(6-2)20-30(28)32/h7-20H,5-6H2,1-4H3. The van der Waals surface area contributed by atoms with Crippen LogP contribution in [-0.2, 0) is 22.3 Å². The molecule has 0 aliphatic carbocycles. The molecule has 0 saturated heterocycles. The highest BCUT2D eigenvalue weighted by Gasteiger charge is 2.24. The van der Waals surface area contributed by atoms with E-state index in [2.05, 4.69) is 50.2 Å². The molecule has 0 atom stereocenters. The van der Waals surface area contributed by atoms with Gasteiger partial charge in [-0.1, -0.05) is 98.8 Å². The van der Waals surface area contributed by atoms with Crippen molar-refractivity contribution in [3.05, 3.63) is 96.1 Å². The van der Waals surface area contributed by atoms with E-state index in [0.717, 1.165) is 78.2 Å². The maximum Gasteiger partial charge on any atom is 0.513 e. The third-order valence-corrected chi connectivity index (χ3v) is 7.85. The number of carbonyl (C=O) groups excluding carboxylic acids is 2. The molecule has 0 saturated carbocycles. The van der Waals surface area contributed by atoms with Crippen LogP contribution in [0.15, 0.2) is 84.9 Å². The minimum Gasteiger partial charge on any atom is -0.437 e. The van der Waals surface area contributed by atoms with E-state index in [1.807, 2.05) is 48.5 Å². The molecule has 6 aromatic rings. The number of methoxy groups -OCH3 is 2. The Hall–Kier alpha value is -5.10. The summed E-state index contributed by atoms with van der Waals surface area (Å²) in [7, 11) is 2.61. The fourth-order valence-corrected chi connectivity index (χ4v) is 5.82. The smallest absolute Gasteiger partial charge is 0.437 e. The van der Waals surface area contributed by atoms with Crippen molar-refractivity contribution in [2.24, 2.45) is 0 Å². The molecule has 0 spiro atoms. The monoisotopic (exact) mass is 558 g/mol. The second-order valence-corrected chi connectivity index (χ2v) is 10.1. The predicted octanol–water partition coefficient (Wildman–Crippen LogP) is 9.38. The zero-order valence-electron chi connectivity index (χ0n) is 23.9.